The Morgan fingerprint density at radius 3 is 2.48 bits per heavy atom. The molecule has 2 aromatic rings. The van der Waals surface area contributed by atoms with Crippen LogP contribution in [0.3, 0.4) is 0 Å². The summed E-state index contributed by atoms with van der Waals surface area (Å²) in [6.07, 6.45) is 0. The number of ether oxygens (including phenoxy) is 3. The molecule has 0 fully saturated rings. The summed E-state index contributed by atoms with van der Waals surface area (Å²) in [5, 5.41) is 2.95. The summed E-state index contributed by atoms with van der Waals surface area (Å²) < 4.78 is 15.9. The molecule has 0 spiro atoms. The summed E-state index contributed by atoms with van der Waals surface area (Å²) in [4.78, 5) is 26.7. The van der Waals surface area contributed by atoms with Crippen LogP contribution >= 0.6 is 0 Å². The van der Waals surface area contributed by atoms with E-state index in [1.807, 2.05) is 0 Å². The van der Waals surface area contributed by atoms with E-state index in [2.05, 4.69) is 19.2 Å². The minimum absolute atomic E-state index is 0.123. The van der Waals surface area contributed by atoms with Crippen LogP contribution in [0.1, 0.15) is 29.8 Å². The van der Waals surface area contributed by atoms with Crippen LogP contribution in [0, 0.1) is 5.92 Å². The van der Waals surface area contributed by atoms with Gasteiger partial charge in [0, 0.05) is 11.3 Å². The topological polar surface area (TPSA) is 77.1 Å². The van der Waals surface area contributed by atoms with Gasteiger partial charge in [0.25, 0.3) is 0 Å². The van der Waals surface area contributed by atoms with Crippen LogP contribution in [0.5, 0.6) is 11.5 Å². The maximum Gasteiger partial charge on any atom is 0.337 e. The Balaban J connectivity index is 1.84. The van der Waals surface area contributed by atoms with E-state index in [0.717, 1.165) is 11.3 Å². The third kappa shape index (κ3) is 4.62. The molecule has 0 saturated heterocycles. The highest BCUT2D eigenvalue weighted by Gasteiger charge is 2.31. The third-order valence-corrected chi connectivity index (χ3v) is 5.01. The second-order valence-electron chi connectivity index (χ2n) is 7.22. The number of carbonyl (C=O) groups excluding carboxylic acids is 2. The minimum Gasteiger partial charge on any atom is -0.497 e. The molecule has 0 aliphatic carbocycles. The van der Waals surface area contributed by atoms with Gasteiger partial charge in [-0.15, -0.1) is 0 Å². The molecule has 2 aromatic carbocycles. The Bertz CT molecular complexity index is 879. The number of carbonyl (C=O) groups is 2. The fourth-order valence-corrected chi connectivity index (χ4v) is 3.27. The molecule has 154 valence electrons. The molecule has 1 N–H and O–H groups in total. The molecule has 7 heteroatoms. The highest BCUT2D eigenvalue weighted by molar-refractivity contribution is 5.91. The molecule has 0 aromatic heterocycles. The largest absolute Gasteiger partial charge is 0.497 e. The molecule has 1 aliphatic heterocycles. The molecule has 0 saturated carbocycles. The van der Waals surface area contributed by atoms with Crippen LogP contribution in [0.4, 0.5) is 10.5 Å². The predicted octanol–water partition coefficient (Wildman–Crippen LogP) is 3.93. The van der Waals surface area contributed by atoms with Gasteiger partial charge in [-0.3, -0.25) is 0 Å². The van der Waals surface area contributed by atoms with Gasteiger partial charge in [0.1, 0.15) is 18.1 Å². The van der Waals surface area contributed by atoms with Gasteiger partial charge >= 0.3 is 12.0 Å². The molecular formula is C22H26N2O5. The smallest absolute Gasteiger partial charge is 0.337 e. The quantitative estimate of drug-likeness (QED) is 0.790. The first kappa shape index (κ1) is 20.5. The van der Waals surface area contributed by atoms with Crippen molar-refractivity contribution >= 4 is 17.7 Å². The number of urea groups is 1. The number of esters is 1. The molecule has 0 bridgehead atoms. The number of benzene rings is 2. The fraction of sp³-hybridized carbons (Fsp3) is 0.364. The first-order valence-corrected chi connectivity index (χ1v) is 9.48. The van der Waals surface area contributed by atoms with E-state index in [0.29, 0.717) is 30.2 Å². The van der Waals surface area contributed by atoms with E-state index in [9.17, 15) is 9.59 Å². The monoisotopic (exact) mass is 398 g/mol. The highest BCUT2D eigenvalue weighted by Crippen LogP contribution is 2.29. The van der Waals surface area contributed by atoms with Crippen LogP contribution < -0.4 is 14.8 Å². The van der Waals surface area contributed by atoms with Crippen molar-refractivity contribution in [1.82, 2.24) is 4.90 Å². The molecule has 1 unspecified atom stereocenters. The van der Waals surface area contributed by atoms with Gasteiger partial charge in [0.15, 0.2) is 0 Å². The summed E-state index contributed by atoms with van der Waals surface area (Å²) in [6.45, 7) is 4.82. The average molecular weight is 398 g/mol. The summed E-state index contributed by atoms with van der Waals surface area (Å²) in [5.74, 6) is 1.08. The van der Waals surface area contributed by atoms with Crippen molar-refractivity contribution in [1.29, 1.82) is 0 Å². The maximum absolute atomic E-state index is 13.1. The molecule has 0 radical (unpaired) electrons. The summed E-state index contributed by atoms with van der Waals surface area (Å²) in [6, 6.07) is 12.0. The van der Waals surface area contributed by atoms with E-state index in [1.54, 1.807) is 54.5 Å². The second-order valence-corrected chi connectivity index (χ2v) is 7.22. The van der Waals surface area contributed by atoms with Crippen LogP contribution in [0.2, 0.25) is 0 Å². The van der Waals surface area contributed by atoms with Crippen molar-refractivity contribution in [3.8, 4) is 11.5 Å². The Hall–Kier alpha value is -3.22. The maximum atomic E-state index is 13.1. The number of hydrogen-bond acceptors (Lipinski definition) is 5. The molecular weight excluding hydrogens is 372 g/mol. The van der Waals surface area contributed by atoms with Gasteiger partial charge in [0.05, 0.1) is 32.4 Å². The number of fused-ring (bicyclic) bond motifs is 1. The zero-order valence-corrected chi connectivity index (χ0v) is 17.1. The Morgan fingerprint density at radius 2 is 1.86 bits per heavy atom. The summed E-state index contributed by atoms with van der Waals surface area (Å²) in [7, 11) is 2.94. The van der Waals surface area contributed by atoms with Crippen molar-refractivity contribution in [2.24, 2.45) is 5.92 Å². The standard InChI is InChI=1S/C22H26N2O5/c1-14(2)19-13-29-20-11-15(21(25)28-4)5-6-16(20)12-24(19)22(26)23-17-7-9-18(27-3)10-8-17/h5-11,14,19H,12-13H2,1-4H3,(H,23,26). The highest BCUT2D eigenvalue weighted by atomic mass is 16.5. The molecule has 1 heterocycles. The van der Waals surface area contributed by atoms with E-state index in [4.69, 9.17) is 14.2 Å². The van der Waals surface area contributed by atoms with Crippen molar-refractivity contribution in [2.45, 2.75) is 26.4 Å². The van der Waals surface area contributed by atoms with Crippen molar-refractivity contribution in [3.05, 3.63) is 53.6 Å². The van der Waals surface area contributed by atoms with Gasteiger partial charge < -0.3 is 24.4 Å². The summed E-state index contributed by atoms with van der Waals surface area (Å²) in [5.41, 5.74) is 1.94. The third-order valence-electron chi connectivity index (χ3n) is 5.01. The van der Waals surface area contributed by atoms with Crippen LogP contribution in [-0.4, -0.2) is 43.8 Å². The van der Waals surface area contributed by atoms with Gasteiger partial charge in [-0.2, -0.15) is 0 Å². The first-order chi connectivity index (χ1) is 13.9. The number of anilines is 1. The average Bonchev–Trinajstić information content (AvgIpc) is 2.93. The second kappa shape index (κ2) is 8.86. The number of nitrogens with one attached hydrogen (secondary N) is 1. The van der Waals surface area contributed by atoms with Gasteiger partial charge in [-0.05, 0) is 42.3 Å². The lowest BCUT2D eigenvalue weighted by atomic mass is 10.0. The first-order valence-electron chi connectivity index (χ1n) is 9.48. The molecule has 2 amide bonds. The number of nitrogens with zero attached hydrogens (tertiary/aromatic N) is 1. The van der Waals surface area contributed by atoms with Gasteiger partial charge in [0.2, 0.25) is 0 Å². The number of hydrogen-bond donors (Lipinski definition) is 1. The lowest BCUT2D eigenvalue weighted by molar-refractivity contribution is 0.0600. The van der Waals surface area contributed by atoms with Crippen LogP contribution in [0.15, 0.2) is 42.5 Å². The van der Waals surface area contributed by atoms with Crippen LogP contribution in [-0.2, 0) is 11.3 Å². The van der Waals surface area contributed by atoms with Crippen LogP contribution in [0.25, 0.3) is 0 Å². The van der Waals surface area contributed by atoms with Crippen molar-refractivity contribution in [2.75, 3.05) is 26.1 Å². The van der Waals surface area contributed by atoms with E-state index in [1.165, 1.54) is 7.11 Å². The molecule has 3 rings (SSSR count). The van der Waals surface area contributed by atoms with Crippen molar-refractivity contribution < 1.29 is 23.8 Å². The van der Waals surface area contributed by atoms with E-state index >= 15 is 0 Å². The zero-order valence-electron chi connectivity index (χ0n) is 17.1. The minimum atomic E-state index is -0.421. The molecule has 1 atom stereocenters. The van der Waals surface area contributed by atoms with Gasteiger partial charge in [-0.25, -0.2) is 9.59 Å². The summed E-state index contributed by atoms with van der Waals surface area (Å²) >= 11 is 0. The zero-order chi connectivity index (χ0) is 21.0. The van der Waals surface area contributed by atoms with Crippen molar-refractivity contribution in [3.63, 3.8) is 0 Å². The number of amides is 2. The molecule has 1 aliphatic rings. The molecule has 7 nitrogen and oxygen atoms in total. The number of rotatable bonds is 4. The Morgan fingerprint density at radius 1 is 1.14 bits per heavy atom. The predicted molar refractivity (Wildman–Crippen MR) is 109 cm³/mol. The van der Waals surface area contributed by atoms with Gasteiger partial charge in [-0.1, -0.05) is 19.9 Å². The lowest BCUT2D eigenvalue weighted by Crippen LogP contribution is -2.46. The Kier molecular flexibility index (Phi) is 6.26. The normalized spacial score (nSPS) is 15.8. The fourth-order valence-electron chi connectivity index (χ4n) is 3.27. The number of methoxy groups -OCH3 is 2. The van der Waals surface area contributed by atoms with E-state index in [-0.39, 0.29) is 18.0 Å². The molecule has 29 heavy (non-hydrogen) atoms. The Labute approximate surface area is 170 Å². The lowest BCUT2D eigenvalue weighted by Gasteiger charge is -2.32. The SMILES string of the molecule is COC(=O)c1ccc2c(c1)OCC(C(C)C)N(C(=O)Nc1ccc(OC)cc1)C2. The van der Waals surface area contributed by atoms with E-state index < -0.39 is 5.97 Å².